The van der Waals surface area contributed by atoms with Gasteiger partial charge in [0.2, 0.25) is 5.91 Å². The van der Waals surface area contributed by atoms with Crippen LogP contribution in [0.4, 0.5) is 5.69 Å². The minimum absolute atomic E-state index is 0.0853. The summed E-state index contributed by atoms with van der Waals surface area (Å²) in [6.45, 7) is 2.57. The highest BCUT2D eigenvalue weighted by Crippen LogP contribution is 2.10. The van der Waals surface area contributed by atoms with Crippen LogP contribution < -0.4 is 16.0 Å². The van der Waals surface area contributed by atoms with Gasteiger partial charge in [-0.15, -0.1) is 0 Å². The molecule has 0 aliphatic carbocycles. The molecular weight excluding hydrogens is 358 g/mol. The third kappa shape index (κ3) is 7.58. The number of hydrogen-bond donors (Lipinski definition) is 3. The molecule has 2 aromatic rings. The van der Waals surface area contributed by atoms with Gasteiger partial charge in [0.1, 0.15) is 0 Å². The van der Waals surface area contributed by atoms with Crippen molar-refractivity contribution in [2.75, 3.05) is 5.32 Å². The van der Waals surface area contributed by atoms with Gasteiger partial charge in [-0.1, -0.05) is 50.1 Å². The van der Waals surface area contributed by atoms with Crippen molar-refractivity contribution < 1.29 is 9.59 Å². The molecule has 5 nitrogen and oxygen atoms in total. The molecule has 0 aliphatic heterocycles. The summed E-state index contributed by atoms with van der Waals surface area (Å²) in [6, 6.07) is 16.7. The van der Waals surface area contributed by atoms with E-state index >= 15 is 0 Å². The summed E-state index contributed by atoms with van der Waals surface area (Å²) in [5, 5.41) is 8.77. The van der Waals surface area contributed by atoms with Crippen LogP contribution in [0.5, 0.6) is 0 Å². The van der Waals surface area contributed by atoms with Gasteiger partial charge in [0.05, 0.1) is 0 Å². The van der Waals surface area contributed by atoms with Crippen molar-refractivity contribution in [3.63, 3.8) is 0 Å². The largest absolute Gasteiger partial charge is 0.348 e. The maximum atomic E-state index is 12.2. The Morgan fingerprint density at radius 2 is 1.67 bits per heavy atom. The van der Waals surface area contributed by atoms with Crippen molar-refractivity contribution in [1.29, 1.82) is 0 Å². The van der Waals surface area contributed by atoms with Gasteiger partial charge in [0, 0.05) is 24.2 Å². The SMILES string of the molecule is CCCCCC(=O)NC(=S)Nc1ccc(C(=O)NCc2ccccc2)cc1. The standard InChI is InChI=1S/C21H25N3O2S/c1-2-3-5-10-19(25)24-21(27)23-18-13-11-17(12-14-18)20(26)22-15-16-8-6-4-7-9-16/h4,6-9,11-14H,2-3,5,10,15H2,1H3,(H,22,26)(H2,23,24,25,27). The Hall–Kier alpha value is -2.73. The minimum Gasteiger partial charge on any atom is -0.348 e. The molecule has 0 unspecified atom stereocenters. The Morgan fingerprint density at radius 3 is 2.33 bits per heavy atom. The third-order valence-corrected chi connectivity index (χ3v) is 4.17. The Balaban J connectivity index is 1.79. The molecule has 27 heavy (non-hydrogen) atoms. The highest BCUT2D eigenvalue weighted by Gasteiger charge is 2.07. The van der Waals surface area contributed by atoms with Crippen LogP contribution in [-0.2, 0) is 11.3 Å². The van der Waals surface area contributed by atoms with Crippen LogP contribution in [0.2, 0.25) is 0 Å². The van der Waals surface area contributed by atoms with Crippen LogP contribution in [0.15, 0.2) is 54.6 Å². The molecule has 142 valence electrons. The summed E-state index contributed by atoms with van der Waals surface area (Å²) >= 11 is 5.15. The topological polar surface area (TPSA) is 70.2 Å². The van der Waals surface area contributed by atoms with Crippen molar-refractivity contribution in [1.82, 2.24) is 10.6 Å². The van der Waals surface area contributed by atoms with Crippen molar-refractivity contribution >= 4 is 34.8 Å². The van der Waals surface area contributed by atoms with Gasteiger partial charge in [-0.05, 0) is 48.5 Å². The molecule has 3 N–H and O–H groups in total. The molecule has 0 spiro atoms. The fourth-order valence-corrected chi connectivity index (χ4v) is 2.70. The van der Waals surface area contributed by atoms with E-state index in [1.165, 1.54) is 0 Å². The van der Waals surface area contributed by atoms with E-state index in [9.17, 15) is 9.59 Å². The molecule has 2 rings (SSSR count). The summed E-state index contributed by atoms with van der Waals surface area (Å²) in [5.74, 6) is -0.227. The average molecular weight is 384 g/mol. The Labute approximate surface area is 165 Å². The molecule has 6 heteroatoms. The van der Waals surface area contributed by atoms with E-state index in [2.05, 4.69) is 22.9 Å². The number of hydrogen-bond acceptors (Lipinski definition) is 3. The Morgan fingerprint density at radius 1 is 0.963 bits per heavy atom. The lowest BCUT2D eigenvalue weighted by Gasteiger charge is -2.10. The van der Waals surface area contributed by atoms with E-state index in [0.717, 1.165) is 24.8 Å². The minimum atomic E-state index is -0.141. The Bertz CT molecular complexity index is 761. The van der Waals surface area contributed by atoms with Crippen LogP contribution in [-0.4, -0.2) is 16.9 Å². The number of amides is 2. The Kier molecular flexibility index (Phi) is 8.45. The second-order valence-electron chi connectivity index (χ2n) is 6.21. The van der Waals surface area contributed by atoms with E-state index in [1.807, 2.05) is 30.3 Å². The normalized spacial score (nSPS) is 10.1. The zero-order valence-corrected chi connectivity index (χ0v) is 16.3. The molecular formula is C21H25N3O2S. The molecule has 0 fully saturated rings. The molecule has 2 amide bonds. The molecule has 0 bridgehead atoms. The molecule has 0 radical (unpaired) electrons. The molecule has 2 aromatic carbocycles. The number of carbonyl (C=O) groups excluding carboxylic acids is 2. The lowest BCUT2D eigenvalue weighted by molar-refractivity contribution is -0.119. The predicted octanol–water partition coefficient (Wildman–Crippen LogP) is 4.01. The van der Waals surface area contributed by atoms with E-state index in [1.54, 1.807) is 24.3 Å². The summed E-state index contributed by atoms with van der Waals surface area (Å²) < 4.78 is 0. The van der Waals surface area contributed by atoms with E-state index < -0.39 is 0 Å². The van der Waals surface area contributed by atoms with Crippen molar-refractivity contribution in [2.24, 2.45) is 0 Å². The predicted molar refractivity (Wildman–Crippen MR) is 113 cm³/mol. The molecule has 0 saturated carbocycles. The van der Waals surface area contributed by atoms with Gasteiger partial charge >= 0.3 is 0 Å². The molecule has 0 atom stereocenters. The number of unbranched alkanes of at least 4 members (excludes halogenated alkanes) is 2. The summed E-state index contributed by atoms with van der Waals surface area (Å²) in [6.07, 6.45) is 3.43. The first-order valence-corrected chi connectivity index (χ1v) is 9.52. The van der Waals surface area contributed by atoms with Gasteiger partial charge in [-0.25, -0.2) is 0 Å². The van der Waals surface area contributed by atoms with Crippen LogP contribution in [0.3, 0.4) is 0 Å². The lowest BCUT2D eigenvalue weighted by atomic mass is 10.2. The molecule has 0 aromatic heterocycles. The first-order chi connectivity index (χ1) is 13.1. The van der Waals surface area contributed by atoms with Crippen LogP contribution >= 0.6 is 12.2 Å². The smallest absolute Gasteiger partial charge is 0.251 e. The van der Waals surface area contributed by atoms with Gasteiger partial charge in [0.15, 0.2) is 5.11 Å². The highest BCUT2D eigenvalue weighted by molar-refractivity contribution is 7.80. The van der Waals surface area contributed by atoms with Gasteiger partial charge in [-0.2, -0.15) is 0 Å². The average Bonchev–Trinajstić information content (AvgIpc) is 2.67. The summed E-state index contributed by atoms with van der Waals surface area (Å²) in [4.78, 5) is 24.0. The fraction of sp³-hybridized carbons (Fsp3) is 0.286. The number of nitrogens with one attached hydrogen (secondary N) is 3. The maximum absolute atomic E-state index is 12.2. The summed E-state index contributed by atoms with van der Waals surface area (Å²) in [5.41, 5.74) is 2.32. The van der Waals surface area contributed by atoms with Gasteiger partial charge in [-0.3, -0.25) is 9.59 Å². The quantitative estimate of drug-likeness (QED) is 0.476. The maximum Gasteiger partial charge on any atom is 0.251 e. The third-order valence-electron chi connectivity index (χ3n) is 3.96. The number of thiocarbonyl (C=S) groups is 1. The number of rotatable bonds is 8. The fourth-order valence-electron chi connectivity index (χ4n) is 2.47. The number of carbonyl (C=O) groups is 2. The second kappa shape index (κ2) is 11.1. The van der Waals surface area contributed by atoms with Crippen molar-refractivity contribution in [3.8, 4) is 0 Å². The van der Waals surface area contributed by atoms with Crippen LogP contribution in [0.25, 0.3) is 0 Å². The zero-order chi connectivity index (χ0) is 19.5. The molecule has 0 aliphatic rings. The zero-order valence-electron chi connectivity index (χ0n) is 15.5. The van der Waals surface area contributed by atoms with Crippen LogP contribution in [0.1, 0.15) is 48.5 Å². The van der Waals surface area contributed by atoms with E-state index in [0.29, 0.717) is 24.2 Å². The first-order valence-electron chi connectivity index (χ1n) is 9.11. The van der Waals surface area contributed by atoms with Crippen LogP contribution in [0, 0.1) is 0 Å². The summed E-state index contributed by atoms with van der Waals surface area (Å²) in [7, 11) is 0. The van der Waals surface area contributed by atoms with E-state index in [4.69, 9.17) is 12.2 Å². The van der Waals surface area contributed by atoms with E-state index in [-0.39, 0.29) is 16.9 Å². The van der Waals surface area contributed by atoms with Crippen molar-refractivity contribution in [3.05, 3.63) is 65.7 Å². The van der Waals surface area contributed by atoms with Gasteiger partial charge in [0.25, 0.3) is 5.91 Å². The van der Waals surface area contributed by atoms with Crippen molar-refractivity contribution in [2.45, 2.75) is 39.2 Å². The first kappa shape index (κ1) is 20.6. The van der Waals surface area contributed by atoms with Gasteiger partial charge < -0.3 is 16.0 Å². The lowest BCUT2D eigenvalue weighted by Crippen LogP contribution is -2.33. The molecule has 0 heterocycles. The molecule has 0 saturated heterocycles. The number of benzene rings is 2. The monoisotopic (exact) mass is 383 g/mol. The second-order valence-corrected chi connectivity index (χ2v) is 6.61. The highest BCUT2D eigenvalue weighted by atomic mass is 32.1. The number of anilines is 1.